The lowest BCUT2D eigenvalue weighted by molar-refractivity contribution is 0.245. The minimum atomic E-state index is 0.738. The predicted octanol–water partition coefficient (Wildman–Crippen LogP) is 2.52. The van der Waals surface area contributed by atoms with Gasteiger partial charge in [0.25, 0.3) is 0 Å². The number of likely N-dealkylation sites (N-methyl/N-ethyl adjacent to an activating group) is 1. The first kappa shape index (κ1) is 14.0. The molecule has 1 aromatic carbocycles. The molecule has 0 radical (unpaired) electrons. The van der Waals surface area contributed by atoms with Gasteiger partial charge in [-0.1, -0.05) is 25.0 Å². The van der Waals surface area contributed by atoms with Gasteiger partial charge in [-0.2, -0.15) is 5.26 Å². The van der Waals surface area contributed by atoms with Crippen molar-refractivity contribution in [1.29, 1.82) is 5.26 Å². The van der Waals surface area contributed by atoms with Crippen molar-refractivity contribution in [3.05, 3.63) is 35.4 Å². The summed E-state index contributed by atoms with van der Waals surface area (Å²) in [5.41, 5.74) is 1.92. The zero-order chi connectivity index (χ0) is 13.5. The van der Waals surface area contributed by atoms with Crippen molar-refractivity contribution in [3.63, 3.8) is 0 Å². The molecule has 0 spiro atoms. The molecule has 0 amide bonds. The summed E-state index contributed by atoms with van der Waals surface area (Å²) in [5.74, 6) is 0. The van der Waals surface area contributed by atoms with Crippen LogP contribution in [0.4, 0.5) is 0 Å². The predicted molar refractivity (Wildman–Crippen MR) is 77.7 cm³/mol. The van der Waals surface area contributed by atoms with Crippen LogP contribution in [0.25, 0.3) is 0 Å². The second kappa shape index (κ2) is 7.28. The van der Waals surface area contributed by atoms with Crippen molar-refractivity contribution >= 4 is 0 Å². The van der Waals surface area contributed by atoms with Crippen LogP contribution in [0.5, 0.6) is 0 Å². The van der Waals surface area contributed by atoms with Crippen LogP contribution in [0.3, 0.4) is 0 Å². The van der Waals surface area contributed by atoms with Crippen molar-refractivity contribution in [2.45, 2.75) is 38.3 Å². The summed E-state index contributed by atoms with van der Waals surface area (Å²) in [6, 6.07) is 10.8. The zero-order valence-corrected chi connectivity index (χ0v) is 11.7. The largest absolute Gasteiger partial charge is 0.311 e. The van der Waals surface area contributed by atoms with Crippen LogP contribution in [-0.4, -0.2) is 31.1 Å². The monoisotopic (exact) mass is 257 g/mol. The van der Waals surface area contributed by atoms with Crippen molar-refractivity contribution in [3.8, 4) is 6.07 Å². The number of nitrogens with one attached hydrogen (secondary N) is 1. The van der Waals surface area contributed by atoms with Crippen LogP contribution in [0.1, 0.15) is 36.8 Å². The smallest absolute Gasteiger partial charge is 0.0991 e. The maximum atomic E-state index is 8.85. The molecule has 1 aliphatic rings. The Balaban J connectivity index is 1.67. The molecule has 0 aliphatic heterocycles. The Hall–Kier alpha value is -1.37. The summed E-state index contributed by atoms with van der Waals surface area (Å²) in [6.07, 6.45) is 5.51. The van der Waals surface area contributed by atoms with Gasteiger partial charge in [-0.25, -0.2) is 0 Å². The van der Waals surface area contributed by atoms with Gasteiger partial charge >= 0.3 is 0 Å². The van der Waals surface area contributed by atoms with E-state index in [1.165, 1.54) is 31.2 Å². The van der Waals surface area contributed by atoms with Crippen LogP contribution in [-0.2, 0) is 6.54 Å². The summed E-state index contributed by atoms with van der Waals surface area (Å²) < 4.78 is 0. The third kappa shape index (κ3) is 4.34. The van der Waals surface area contributed by atoms with E-state index in [9.17, 15) is 0 Å². The molecule has 1 saturated carbocycles. The first-order valence-electron chi connectivity index (χ1n) is 7.19. The average molecular weight is 257 g/mol. The van der Waals surface area contributed by atoms with E-state index in [2.05, 4.69) is 29.4 Å². The molecule has 3 nitrogen and oxygen atoms in total. The Morgan fingerprint density at radius 2 is 2.16 bits per heavy atom. The fourth-order valence-electron chi connectivity index (χ4n) is 2.77. The van der Waals surface area contributed by atoms with Crippen molar-refractivity contribution in [1.82, 2.24) is 10.2 Å². The highest BCUT2D eigenvalue weighted by atomic mass is 15.1. The zero-order valence-electron chi connectivity index (χ0n) is 11.7. The van der Waals surface area contributed by atoms with Gasteiger partial charge in [0.15, 0.2) is 0 Å². The lowest BCUT2D eigenvalue weighted by Crippen LogP contribution is -2.35. The standard InChI is InChI=1S/C16H23N3/c1-19(16-7-2-3-8-16)10-9-18-13-15-6-4-5-14(11-15)12-17/h4-6,11,16,18H,2-3,7-10,13H2,1H3. The van der Waals surface area contributed by atoms with E-state index in [0.29, 0.717) is 0 Å². The van der Waals surface area contributed by atoms with E-state index in [4.69, 9.17) is 5.26 Å². The summed E-state index contributed by atoms with van der Waals surface area (Å²) in [4.78, 5) is 2.48. The molecule has 102 valence electrons. The van der Waals surface area contributed by atoms with E-state index in [1.54, 1.807) is 0 Å². The number of nitriles is 1. The molecular weight excluding hydrogens is 234 g/mol. The van der Waals surface area contributed by atoms with Crippen LogP contribution >= 0.6 is 0 Å². The molecular formula is C16H23N3. The first-order chi connectivity index (χ1) is 9.29. The fourth-order valence-corrected chi connectivity index (χ4v) is 2.77. The van der Waals surface area contributed by atoms with Gasteiger partial charge in [-0.3, -0.25) is 0 Å². The lowest BCUT2D eigenvalue weighted by Gasteiger charge is -2.23. The van der Waals surface area contributed by atoms with Crippen LogP contribution in [0.15, 0.2) is 24.3 Å². The van der Waals surface area contributed by atoms with E-state index in [0.717, 1.165) is 31.2 Å². The summed E-state index contributed by atoms with van der Waals surface area (Å²) >= 11 is 0. The maximum Gasteiger partial charge on any atom is 0.0991 e. The lowest BCUT2D eigenvalue weighted by atomic mass is 10.1. The molecule has 0 aromatic heterocycles. The van der Waals surface area contributed by atoms with Crippen molar-refractivity contribution < 1.29 is 0 Å². The van der Waals surface area contributed by atoms with Gasteiger partial charge in [-0.15, -0.1) is 0 Å². The molecule has 1 fully saturated rings. The summed E-state index contributed by atoms with van der Waals surface area (Å²) in [6.45, 7) is 2.94. The minimum absolute atomic E-state index is 0.738. The van der Waals surface area contributed by atoms with Gasteiger partial charge in [-0.05, 0) is 37.6 Å². The Morgan fingerprint density at radius 1 is 1.37 bits per heavy atom. The Kier molecular flexibility index (Phi) is 5.38. The molecule has 1 aromatic rings. The molecule has 1 N–H and O–H groups in total. The Bertz CT molecular complexity index is 430. The number of benzene rings is 1. The number of hydrogen-bond donors (Lipinski definition) is 1. The Labute approximate surface area is 116 Å². The minimum Gasteiger partial charge on any atom is -0.311 e. The molecule has 0 unspecified atom stereocenters. The highest BCUT2D eigenvalue weighted by molar-refractivity contribution is 5.32. The van der Waals surface area contributed by atoms with E-state index < -0.39 is 0 Å². The highest BCUT2D eigenvalue weighted by Gasteiger charge is 2.18. The Morgan fingerprint density at radius 3 is 2.89 bits per heavy atom. The SMILES string of the molecule is CN(CCNCc1cccc(C#N)c1)C1CCCC1. The van der Waals surface area contributed by atoms with Gasteiger partial charge in [0.1, 0.15) is 0 Å². The average Bonchev–Trinajstić information content (AvgIpc) is 2.98. The second-order valence-corrected chi connectivity index (χ2v) is 5.41. The molecule has 0 atom stereocenters. The number of rotatable bonds is 6. The molecule has 19 heavy (non-hydrogen) atoms. The third-order valence-corrected chi connectivity index (χ3v) is 3.97. The maximum absolute atomic E-state index is 8.85. The van der Waals surface area contributed by atoms with E-state index in [-0.39, 0.29) is 0 Å². The van der Waals surface area contributed by atoms with Gasteiger partial charge in [0, 0.05) is 25.7 Å². The quantitative estimate of drug-likeness (QED) is 0.796. The topological polar surface area (TPSA) is 39.1 Å². The third-order valence-electron chi connectivity index (χ3n) is 3.97. The summed E-state index contributed by atoms with van der Waals surface area (Å²) in [7, 11) is 2.23. The van der Waals surface area contributed by atoms with E-state index >= 15 is 0 Å². The van der Waals surface area contributed by atoms with Crippen molar-refractivity contribution in [2.75, 3.05) is 20.1 Å². The first-order valence-corrected chi connectivity index (χ1v) is 7.19. The van der Waals surface area contributed by atoms with Crippen LogP contribution in [0.2, 0.25) is 0 Å². The molecule has 0 saturated heterocycles. The van der Waals surface area contributed by atoms with Gasteiger partial charge in [0.05, 0.1) is 11.6 Å². The van der Waals surface area contributed by atoms with Crippen molar-refractivity contribution in [2.24, 2.45) is 0 Å². The molecule has 0 bridgehead atoms. The normalized spacial score (nSPS) is 15.8. The van der Waals surface area contributed by atoms with Gasteiger partial charge < -0.3 is 10.2 Å². The molecule has 0 heterocycles. The van der Waals surface area contributed by atoms with Crippen LogP contribution in [0, 0.1) is 11.3 Å². The molecule has 2 rings (SSSR count). The second-order valence-electron chi connectivity index (χ2n) is 5.41. The van der Waals surface area contributed by atoms with E-state index in [1.807, 2.05) is 18.2 Å². The van der Waals surface area contributed by atoms with Gasteiger partial charge in [0.2, 0.25) is 0 Å². The highest BCUT2D eigenvalue weighted by Crippen LogP contribution is 2.21. The number of nitrogens with zero attached hydrogens (tertiary/aromatic N) is 2. The number of hydrogen-bond acceptors (Lipinski definition) is 3. The summed E-state index contributed by atoms with van der Waals surface area (Å²) in [5, 5.41) is 12.3. The molecule has 3 heteroatoms. The van der Waals surface area contributed by atoms with Crippen LogP contribution < -0.4 is 5.32 Å². The molecule has 1 aliphatic carbocycles. The fraction of sp³-hybridized carbons (Fsp3) is 0.562.